The molecular weight excluding hydrogens is 477 g/mol. The van der Waals surface area contributed by atoms with Crippen molar-refractivity contribution in [3.8, 4) is 11.5 Å². The Balaban J connectivity index is 1.62. The lowest BCUT2D eigenvalue weighted by molar-refractivity contribution is -0.130. The van der Waals surface area contributed by atoms with Gasteiger partial charge in [-0.25, -0.2) is 4.39 Å². The number of halogens is 2. The Kier molecular flexibility index (Phi) is 5.58. The van der Waals surface area contributed by atoms with Crippen LogP contribution >= 0.6 is 23.8 Å². The van der Waals surface area contributed by atoms with Crippen LogP contribution in [0.2, 0.25) is 5.02 Å². The number of carbonyl (C=O) groups is 1. The number of nitrogens with zero attached hydrogens (tertiary/aromatic N) is 1. The van der Waals surface area contributed by atoms with Gasteiger partial charge in [0, 0.05) is 22.0 Å². The zero-order valence-corrected chi connectivity index (χ0v) is 19.9. The van der Waals surface area contributed by atoms with Crippen LogP contribution in [0, 0.1) is 11.7 Å². The number of hydrogen-bond acceptors (Lipinski definition) is 4. The van der Waals surface area contributed by atoms with E-state index in [-0.39, 0.29) is 11.7 Å². The SMILES string of the molecule is COc1ccc2c(c1)[C@H]1NC(=S)N(c3ccc(F)cc3)[C@](C)(O2)[C@@H]1C(=O)Nc1ccc(Cl)cc1. The first kappa shape index (κ1) is 22.4. The Morgan fingerprint density at radius 3 is 2.56 bits per heavy atom. The van der Waals surface area contributed by atoms with Crippen molar-refractivity contribution >= 4 is 46.2 Å². The van der Waals surface area contributed by atoms with Gasteiger partial charge in [-0.1, -0.05) is 11.6 Å². The molecule has 0 saturated carbocycles. The van der Waals surface area contributed by atoms with Gasteiger partial charge in [-0.05, 0) is 85.9 Å². The molecule has 174 valence electrons. The van der Waals surface area contributed by atoms with Crippen molar-refractivity contribution in [2.75, 3.05) is 17.3 Å². The van der Waals surface area contributed by atoms with Crippen LogP contribution in [-0.4, -0.2) is 23.9 Å². The summed E-state index contributed by atoms with van der Waals surface area (Å²) in [5, 5.41) is 7.22. The Bertz CT molecular complexity index is 1270. The number of nitrogens with one attached hydrogen (secondary N) is 2. The van der Waals surface area contributed by atoms with E-state index in [9.17, 15) is 9.18 Å². The largest absolute Gasteiger partial charge is 0.497 e. The van der Waals surface area contributed by atoms with Crippen LogP contribution in [-0.2, 0) is 4.79 Å². The van der Waals surface area contributed by atoms with Crippen LogP contribution in [0.1, 0.15) is 18.5 Å². The van der Waals surface area contributed by atoms with E-state index in [1.54, 1.807) is 54.5 Å². The maximum absolute atomic E-state index is 13.7. The fraction of sp³-hybridized carbons (Fsp3) is 0.200. The van der Waals surface area contributed by atoms with Crippen molar-refractivity contribution in [3.05, 3.63) is 83.1 Å². The number of fused-ring (bicyclic) bond motifs is 4. The minimum absolute atomic E-state index is 0.273. The Morgan fingerprint density at radius 1 is 1.18 bits per heavy atom. The minimum atomic E-state index is -1.21. The first-order chi connectivity index (χ1) is 16.3. The van der Waals surface area contributed by atoms with Crippen LogP contribution < -0.4 is 25.0 Å². The van der Waals surface area contributed by atoms with E-state index >= 15 is 0 Å². The molecule has 3 aromatic carbocycles. The molecule has 6 nitrogen and oxygen atoms in total. The fourth-order valence-electron chi connectivity index (χ4n) is 4.62. The van der Waals surface area contributed by atoms with Crippen molar-refractivity contribution in [1.29, 1.82) is 0 Å². The first-order valence-corrected chi connectivity index (χ1v) is 11.4. The van der Waals surface area contributed by atoms with Crippen molar-refractivity contribution in [1.82, 2.24) is 5.32 Å². The average Bonchev–Trinajstić information content (AvgIpc) is 2.81. The number of methoxy groups -OCH3 is 1. The summed E-state index contributed by atoms with van der Waals surface area (Å²) in [6.45, 7) is 1.82. The Morgan fingerprint density at radius 2 is 1.88 bits per heavy atom. The number of ether oxygens (including phenoxy) is 2. The maximum atomic E-state index is 13.7. The highest BCUT2D eigenvalue weighted by atomic mass is 35.5. The maximum Gasteiger partial charge on any atom is 0.236 e. The van der Waals surface area contributed by atoms with Gasteiger partial charge in [-0.2, -0.15) is 0 Å². The van der Waals surface area contributed by atoms with Gasteiger partial charge in [0.25, 0.3) is 0 Å². The lowest BCUT2D eigenvalue weighted by Gasteiger charge is -2.56. The lowest BCUT2D eigenvalue weighted by atomic mass is 9.78. The van der Waals surface area contributed by atoms with E-state index < -0.39 is 17.7 Å². The molecule has 1 amide bonds. The van der Waals surface area contributed by atoms with E-state index in [2.05, 4.69) is 10.6 Å². The van der Waals surface area contributed by atoms with Crippen molar-refractivity contribution in [3.63, 3.8) is 0 Å². The zero-order valence-electron chi connectivity index (χ0n) is 18.3. The topological polar surface area (TPSA) is 62.8 Å². The summed E-state index contributed by atoms with van der Waals surface area (Å²) in [4.78, 5) is 15.5. The second kappa shape index (κ2) is 8.45. The molecule has 9 heteroatoms. The third-order valence-electron chi connectivity index (χ3n) is 6.18. The van der Waals surface area contributed by atoms with Crippen LogP contribution in [0.4, 0.5) is 15.8 Å². The fourth-order valence-corrected chi connectivity index (χ4v) is 5.16. The lowest BCUT2D eigenvalue weighted by Crippen LogP contribution is -2.72. The predicted molar refractivity (Wildman–Crippen MR) is 133 cm³/mol. The molecule has 2 N–H and O–H groups in total. The first-order valence-electron chi connectivity index (χ1n) is 10.6. The summed E-state index contributed by atoms with van der Waals surface area (Å²) in [6, 6.07) is 17.7. The highest BCUT2D eigenvalue weighted by Crippen LogP contribution is 2.50. The van der Waals surface area contributed by atoms with Gasteiger partial charge >= 0.3 is 0 Å². The smallest absolute Gasteiger partial charge is 0.236 e. The summed E-state index contributed by atoms with van der Waals surface area (Å²) in [7, 11) is 1.58. The number of thiocarbonyl (C=S) groups is 1. The normalized spacial score (nSPS) is 22.8. The molecule has 3 atom stereocenters. The monoisotopic (exact) mass is 497 g/mol. The molecule has 0 unspecified atom stereocenters. The number of carbonyl (C=O) groups excluding carboxylic acids is 1. The van der Waals surface area contributed by atoms with Crippen molar-refractivity contribution < 1.29 is 18.7 Å². The summed E-state index contributed by atoms with van der Waals surface area (Å²) < 4.78 is 25.6. The molecule has 1 saturated heterocycles. The summed E-state index contributed by atoms with van der Waals surface area (Å²) in [5.41, 5.74) is 0.752. The van der Waals surface area contributed by atoms with E-state index in [0.29, 0.717) is 33.0 Å². The van der Waals surface area contributed by atoms with Crippen LogP contribution in [0.5, 0.6) is 11.5 Å². The van der Waals surface area contributed by atoms with Gasteiger partial charge < -0.3 is 20.1 Å². The third kappa shape index (κ3) is 3.73. The van der Waals surface area contributed by atoms with Gasteiger partial charge in [-0.15, -0.1) is 0 Å². The highest BCUT2D eigenvalue weighted by molar-refractivity contribution is 7.80. The summed E-state index contributed by atoms with van der Waals surface area (Å²) >= 11 is 11.7. The summed E-state index contributed by atoms with van der Waals surface area (Å²) in [6.07, 6.45) is 0. The van der Waals surface area contributed by atoms with Crippen LogP contribution in [0.3, 0.4) is 0 Å². The zero-order chi connectivity index (χ0) is 24.0. The van der Waals surface area contributed by atoms with Crippen molar-refractivity contribution in [2.24, 2.45) is 5.92 Å². The molecule has 2 aliphatic heterocycles. The molecule has 3 aromatic rings. The number of anilines is 2. The number of benzene rings is 3. The van der Waals surface area contributed by atoms with Gasteiger partial charge in [0.05, 0.1) is 13.2 Å². The van der Waals surface area contributed by atoms with Gasteiger partial charge in [0.2, 0.25) is 5.91 Å². The van der Waals surface area contributed by atoms with E-state index in [1.165, 1.54) is 12.1 Å². The summed E-state index contributed by atoms with van der Waals surface area (Å²) in [5.74, 6) is -0.144. The minimum Gasteiger partial charge on any atom is -0.497 e. The number of hydrogen-bond donors (Lipinski definition) is 2. The average molecular weight is 498 g/mol. The molecule has 5 rings (SSSR count). The molecule has 2 aliphatic rings. The predicted octanol–water partition coefficient (Wildman–Crippen LogP) is 5.29. The van der Waals surface area contributed by atoms with Crippen molar-refractivity contribution in [2.45, 2.75) is 18.7 Å². The Hall–Kier alpha value is -3.36. The second-order valence-electron chi connectivity index (χ2n) is 8.27. The molecule has 0 spiro atoms. The molecule has 1 fully saturated rings. The Labute approximate surface area is 206 Å². The van der Waals surface area contributed by atoms with E-state index in [4.69, 9.17) is 33.3 Å². The third-order valence-corrected chi connectivity index (χ3v) is 6.74. The standard InChI is InChI=1S/C25H21ClFN3O3S/c1-25-21(23(31)28-16-7-3-14(26)4-8-16)22(19-13-18(32-2)11-12-20(19)33-25)29-24(34)30(25)17-9-5-15(27)6-10-17/h3-13,21-22H,1-2H3,(H,28,31)(H,29,34)/t21-,22+,25+/m0/s1. The number of rotatable bonds is 4. The van der Waals surface area contributed by atoms with E-state index in [0.717, 1.165) is 5.56 Å². The number of amides is 1. The second-order valence-corrected chi connectivity index (χ2v) is 9.10. The molecule has 0 aliphatic carbocycles. The van der Waals surface area contributed by atoms with Crippen LogP contribution in [0.25, 0.3) is 0 Å². The van der Waals surface area contributed by atoms with Gasteiger partial charge in [0.15, 0.2) is 10.8 Å². The molecule has 2 heterocycles. The van der Waals surface area contributed by atoms with Crippen LogP contribution in [0.15, 0.2) is 66.7 Å². The molecule has 0 aromatic heterocycles. The molecular formula is C25H21ClFN3O3S. The molecule has 2 bridgehead atoms. The quantitative estimate of drug-likeness (QED) is 0.478. The van der Waals surface area contributed by atoms with Gasteiger partial charge in [0.1, 0.15) is 23.2 Å². The highest BCUT2D eigenvalue weighted by Gasteiger charge is 2.59. The van der Waals surface area contributed by atoms with E-state index in [1.807, 2.05) is 19.1 Å². The molecule has 0 radical (unpaired) electrons. The molecule has 34 heavy (non-hydrogen) atoms. The van der Waals surface area contributed by atoms with Gasteiger partial charge in [-0.3, -0.25) is 9.69 Å².